The normalized spacial score (nSPS) is 10.3. The molecule has 1 aromatic carbocycles. The Morgan fingerprint density at radius 2 is 2.20 bits per heavy atom. The highest BCUT2D eigenvalue weighted by Gasteiger charge is 2.06. The van der Waals surface area contributed by atoms with Gasteiger partial charge in [-0.1, -0.05) is 46.9 Å². The molecule has 0 unspecified atom stereocenters. The Labute approximate surface area is 104 Å². The zero-order valence-electron chi connectivity index (χ0n) is 8.72. The molecule has 0 aliphatic rings. The van der Waals surface area contributed by atoms with Crippen LogP contribution in [0.1, 0.15) is 31.7 Å². The van der Waals surface area contributed by atoms with Gasteiger partial charge in [-0.25, -0.2) is 0 Å². The Balaban J connectivity index is 2.60. The molecule has 0 saturated carbocycles. The Hall–Kier alpha value is -0.340. The minimum atomic E-state index is 0.265. The van der Waals surface area contributed by atoms with Gasteiger partial charge in [-0.05, 0) is 24.1 Å². The first-order valence-corrected chi connectivity index (χ1v) is 6.26. The van der Waals surface area contributed by atoms with Crippen LogP contribution in [0.15, 0.2) is 22.7 Å². The molecule has 0 aromatic heterocycles. The number of hydrogen-bond acceptors (Lipinski definition) is 1. The topological polar surface area (TPSA) is 17.1 Å². The summed E-state index contributed by atoms with van der Waals surface area (Å²) in [5, 5.41) is 0.661. The molecule has 0 atom stereocenters. The fourth-order valence-electron chi connectivity index (χ4n) is 1.34. The van der Waals surface area contributed by atoms with Crippen molar-refractivity contribution in [2.75, 3.05) is 0 Å². The second-order valence-electron chi connectivity index (χ2n) is 3.55. The van der Waals surface area contributed by atoms with Crippen molar-refractivity contribution < 1.29 is 4.79 Å². The number of hydrogen-bond donors (Lipinski definition) is 0. The van der Waals surface area contributed by atoms with Crippen molar-refractivity contribution in [2.45, 2.75) is 32.6 Å². The molecule has 0 bridgehead atoms. The largest absolute Gasteiger partial charge is 0.299 e. The lowest BCUT2D eigenvalue weighted by Gasteiger charge is -2.03. The first-order valence-electron chi connectivity index (χ1n) is 5.09. The molecule has 3 heteroatoms. The highest BCUT2D eigenvalue weighted by Crippen LogP contribution is 2.22. The fraction of sp³-hybridized carbons (Fsp3) is 0.417. The number of unbranched alkanes of at least 4 members (excludes halogenated alkanes) is 1. The SMILES string of the molecule is CCCCC(=O)Cc1ccc(Br)cc1Cl. The van der Waals surface area contributed by atoms with Gasteiger partial charge in [0.15, 0.2) is 0 Å². The van der Waals surface area contributed by atoms with Gasteiger partial charge < -0.3 is 0 Å². The maximum atomic E-state index is 11.5. The molecule has 1 aromatic rings. The molecule has 15 heavy (non-hydrogen) atoms. The van der Waals surface area contributed by atoms with Crippen LogP contribution in [0, 0.1) is 0 Å². The molecule has 0 aliphatic heterocycles. The highest BCUT2D eigenvalue weighted by atomic mass is 79.9. The summed E-state index contributed by atoms with van der Waals surface area (Å²) >= 11 is 9.36. The Morgan fingerprint density at radius 1 is 1.47 bits per heavy atom. The van der Waals surface area contributed by atoms with Gasteiger partial charge in [-0.15, -0.1) is 0 Å². The third kappa shape index (κ3) is 4.35. The molecule has 0 amide bonds. The molecule has 1 rings (SSSR count). The van der Waals surface area contributed by atoms with E-state index in [9.17, 15) is 4.79 Å². The van der Waals surface area contributed by atoms with Gasteiger partial charge in [0, 0.05) is 22.3 Å². The third-order valence-corrected chi connectivity index (χ3v) is 3.06. The standard InChI is InChI=1S/C12H14BrClO/c1-2-3-4-11(15)7-9-5-6-10(13)8-12(9)14/h5-6,8H,2-4,7H2,1H3. The number of Topliss-reactive ketones (excluding diaryl/α,β-unsaturated/α-hetero) is 1. The molecular formula is C12H14BrClO. The van der Waals surface area contributed by atoms with Crippen LogP contribution >= 0.6 is 27.5 Å². The van der Waals surface area contributed by atoms with Crippen molar-refractivity contribution in [3.05, 3.63) is 33.3 Å². The van der Waals surface area contributed by atoms with Crippen LogP contribution in [0.5, 0.6) is 0 Å². The molecule has 0 saturated heterocycles. The summed E-state index contributed by atoms with van der Waals surface area (Å²) in [6.07, 6.45) is 3.13. The van der Waals surface area contributed by atoms with Crippen LogP contribution in [0.25, 0.3) is 0 Å². The molecule has 1 nitrogen and oxygen atoms in total. The predicted molar refractivity (Wildman–Crippen MR) is 67.4 cm³/mol. The van der Waals surface area contributed by atoms with E-state index in [0.29, 0.717) is 17.9 Å². The minimum Gasteiger partial charge on any atom is -0.299 e. The average Bonchev–Trinajstić information content (AvgIpc) is 2.19. The van der Waals surface area contributed by atoms with Crippen LogP contribution < -0.4 is 0 Å². The average molecular weight is 290 g/mol. The zero-order chi connectivity index (χ0) is 11.3. The summed E-state index contributed by atoms with van der Waals surface area (Å²) in [4.78, 5) is 11.5. The van der Waals surface area contributed by atoms with E-state index in [4.69, 9.17) is 11.6 Å². The van der Waals surface area contributed by atoms with Crippen LogP contribution in [0.3, 0.4) is 0 Å². The van der Waals surface area contributed by atoms with Gasteiger partial charge in [-0.3, -0.25) is 4.79 Å². The summed E-state index contributed by atoms with van der Waals surface area (Å²) in [5.41, 5.74) is 0.918. The maximum Gasteiger partial charge on any atom is 0.137 e. The quantitative estimate of drug-likeness (QED) is 0.785. The molecule has 0 aliphatic carbocycles. The van der Waals surface area contributed by atoms with E-state index in [-0.39, 0.29) is 5.78 Å². The van der Waals surface area contributed by atoms with Gasteiger partial charge in [0.1, 0.15) is 5.78 Å². The minimum absolute atomic E-state index is 0.265. The number of rotatable bonds is 5. The predicted octanol–water partition coefficient (Wildman–Crippen LogP) is 4.40. The molecular weight excluding hydrogens is 275 g/mol. The smallest absolute Gasteiger partial charge is 0.137 e. The first kappa shape index (κ1) is 12.7. The van der Waals surface area contributed by atoms with Crippen LogP contribution in [0.2, 0.25) is 5.02 Å². The number of ketones is 1. The Morgan fingerprint density at radius 3 is 2.80 bits per heavy atom. The number of carbonyl (C=O) groups excluding carboxylic acids is 1. The number of benzene rings is 1. The number of carbonyl (C=O) groups is 1. The van der Waals surface area contributed by atoms with Gasteiger partial charge in [-0.2, -0.15) is 0 Å². The maximum absolute atomic E-state index is 11.5. The summed E-state index contributed by atoms with van der Waals surface area (Å²) in [6.45, 7) is 2.08. The number of halogens is 2. The van der Waals surface area contributed by atoms with E-state index >= 15 is 0 Å². The van der Waals surface area contributed by atoms with Gasteiger partial charge in [0.2, 0.25) is 0 Å². The molecule has 0 heterocycles. The molecule has 0 fully saturated rings. The van der Waals surface area contributed by atoms with E-state index in [1.54, 1.807) is 0 Å². The molecule has 0 radical (unpaired) electrons. The third-order valence-electron chi connectivity index (χ3n) is 2.21. The first-order chi connectivity index (χ1) is 7.13. The Bertz CT molecular complexity index is 349. The van der Waals surface area contributed by atoms with E-state index in [1.807, 2.05) is 18.2 Å². The van der Waals surface area contributed by atoms with E-state index < -0.39 is 0 Å². The van der Waals surface area contributed by atoms with Crippen molar-refractivity contribution >= 4 is 33.3 Å². The van der Waals surface area contributed by atoms with Gasteiger partial charge in [0.05, 0.1) is 0 Å². The van der Waals surface area contributed by atoms with Crippen molar-refractivity contribution in [1.82, 2.24) is 0 Å². The van der Waals surface area contributed by atoms with E-state index in [2.05, 4.69) is 22.9 Å². The summed E-state index contributed by atoms with van der Waals surface area (Å²) in [5.74, 6) is 0.265. The van der Waals surface area contributed by atoms with Gasteiger partial charge >= 0.3 is 0 Å². The van der Waals surface area contributed by atoms with Crippen LogP contribution in [0.4, 0.5) is 0 Å². The van der Waals surface area contributed by atoms with Crippen molar-refractivity contribution in [2.24, 2.45) is 0 Å². The van der Waals surface area contributed by atoms with Crippen molar-refractivity contribution in [3.63, 3.8) is 0 Å². The lowest BCUT2D eigenvalue weighted by molar-refractivity contribution is -0.118. The lowest BCUT2D eigenvalue weighted by Crippen LogP contribution is -2.02. The van der Waals surface area contributed by atoms with Crippen molar-refractivity contribution in [1.29, 1.82) is 0 Å². The summed E-state index contributed by atoms with van der Waals surface area (Å²) in [6, 6.07) is 5.63. The molecule has 82 valence electrons. The molecule has 0 N–H and O–H groups in total. The van der Waals surface area contributed by atoms with E-state index in [0.717, 1.165) is 22.9 Å². The zero-order valence-corrected chi connectivity index (χ0v) is 11.1. The highest BCUT2D eigenvalue weighted by molar-refractivity contribution is 9.10. The van der Waals surface area contributed by atoms with Crippen LogP contribution in [-0.4, -0.2) is 5.78 Å². The summed E-state index contributed by atoms with van der Waals surface area (Å²) in [7, 11) is 0. The lowest BCUT2D eigenvalue weighted by atomic mass is 10.1. The van der Waals surface area contributed by atoms with Crippen molar-refractivity contribution in [3.8, 4) is 0 Å². The van der Waals surface area contributed by atoms with E-state index in [1.165, 1.54) is 0 Å². The van der Waals surface area contributed by atoms with Crippen LogP contribution in [-0.2, 0) is 11.2 Å². The fourth-order valence-corrected chi connectivity index (χ4v) is 2.08. The molecule has 0 spiro atoms. The second kappa shape index (κ2) is 6.29. The monoisotopic (exact) mass is 288 g/mol. The Kier molecular flexibility index (Phi) is 5.34. The van der Waals surface area contributed by atoms with Gasteiger partial charge in [0.25, 0.3) is 0 Å². The second-order valence-corrected chi connectivity index (χ2v) is 4.88. The summed E-state index contributed by atoms with van der Waals surface area (Å²) < 4.78 is 0.942.